The van der Waals surface area contributed by atoms with Crippen molar-refractivity contribution in [3.05, 3.63) is 60.0 Å². The molecule has 3 heterocycles. The quantitative estimate of drug-likeness (QED) is 0.492. The van der Waals surface area contributed by atoms with Crippen LogP contribution in [0.3, 0.4) is 0 Å². The van der Waals surface area contributed by atoms with Crippen LogP contribution in [0.25, 0.3) is 22.0 Å². The first-order valence-corrected chi connectivity index (χ1v) is 10.2. The third-order valence-corrected chi connectivity index (χ3v) is 5.69. The van der Waals surface area contributed by atoms with E-state index in [-0.39, 0.29) is 0 Å². The van der Waals surface area contributed by atoms with E-state index in [1.54, 1.807) is 13.3 Å². The lowest BCUT2D eigenvalue weighted by molar-refractivity contribution is 0.0566. The molecule has 0 atom stereocenters. The van der Waals surface area contributed by atoms with Crippen molar-refractivity contribution in [3.8, 4) is 16.9 Å². The van der Waals surface area contributed by atoms with Gasteiger partial charge >= 0.3 is 6.55 Å². The molecule has 9 heteroatoms. The van der Waals surface area contributed by atoms with Gasteiger partial charge in [0.05, 0.1) is 24.5 Å². The van der Waals surface area contributed by atoms with Gasteiger partial charge in [-0.2, -0.15) is 13.9 Å². The highest BCUT2D eigenvalue weighted by Crippen LogP contribution is 2.33. The van der Waals surface area contributed by atoms with Crippen molar-refractivity contribution in [3.63, 3.8) is 0 Å². The standard InChI is InChI=1S/C23H22F2N6O/c1-30-6-5-15-9-21(32-2)20(8-17(15)12-30)29-23-26-10-16-4-3-14(7-19(16)28-23)18-11-27-31(13-18)22(24)25/h3-4,7-11,13,22H,5-6,12H2,1-2H3,(H,26,28,29). The number of halogens is 2. The summed E-state index contributed by atoms with van der Waals surface area (Å²) >= 11 is 0. The van der Waals surface area contributed by atoms with Crippen molar-refractivity contribution in [1.29, 1.82) is 0 Å². The van der Waals surface area contributed by atoms with E-state index >= 15 is 0 Å². The second-order valence-corrected chi connectivity index (χ2v) is 7.89. The predicted octanol–water partition coefficient (Wildman–Crippen LogP) is 4.63. The topological polar surface area (TPSA) is 68.1 Å². The first kappa shape index (κ1) is 20.3. The first-order valence-electron chi connectivity index (χ1n) is 10.2. The Hall–Kier alpha value is -3.59. The van der Waals surface area contributed by atoms with Crippen LogP contribution in [-0.4, -0.2) is 45.4 Å². The van der Waals surface area contributed by atoms with Gasteiger partial charge in [0.2, 0.25) is 5.95 Å². The molecule has 0 saturated heterocycles. The van der Waals surface area contributed by atoms with Crippen molar-refractivity contribution in [1.82, 2.24) is 24.6 Å². The van der Waals surface area contributed by atoms with Crippen molar-refractivity contribution < 1.29 is 13.5 Å². The van der Waals surface area contributed by atoms with E-state index < -0.39 is 6.55 Å². The summed E-state index contributed by atoms with van der Waals surface area (Å²) in [5, 5.41) is 7.83. The van der Waals surface area contributed by atoms with E-state index in [2.05, 4.69) is 44.5 Å². The second kappa shape index (κ2) is 8.16. The van der Waals surface area contributed by atoms with E-state index in [1.807, 2.05) is 18.2 Å². The number of alkyl halides is 2. The fraction of sp³-hybridized carbons (Fsp3) is 0.261. The molecule has 0 radical (unpaired) electrons. The lowest BCUT2D eigenvalue weighted by Gasteiger charge is -2.26. The number of likely N-dealkylation sites (N-methyl/N-ethyl adjacent to an activating group) is 1. The van der Waals surface area contributed by atoms with Crippen LogP contribution < -0.4 is 10.1 Å². The highest BCUT2D eigenvalue weighted by molar-refractivity contribution is 5.84. The van der Waals surface area contributed by atoms with Crippen LogP contribution in [0.2, 0.25) is 0 Å². The third kappa shape index (κ3) is 3.87. The zero-order valence-corrected chi connectivity index (χ0v) is 17.7. The smallest absolute Gasteiger partial charge is 0.333 e. The Morgan fingerprint density at radius 3 is 2.75 bits per heavy atom. The van der Waals surface area contributed by atoms with E-state index in [0.29, 0.717) is 21.7 Å². The minimum atomic E-state index is -2.67. The minimum absolute atomic E-state index is 0.431. The minimum Gasteiger partial charge on any atom is -0.495 e. The van der Waals surface area contributed by atoms with Gasteiger partial charge in [-0.1, -0.05) is 12.1 Å². The molecule has 32 heavy (non-hydrogen) atoms. The molecule has 0 saturated carbocycles. The number of hydrogen-bond donors (Lipinski definition) is 1. The Labute approximate surface area is 183 Å². The second-order valence-electron chi connectivity index (χ2n) is 7.89. The largest absolute Gasteiger partial charge is 0.495 e. The summed E-state index contributed by atoms with van der Waals surface area (Å²) in [7, 11) is 3.75. The molecule has 0 unspecified atom stereocenters. The maximum atomic E-state index is 12.9. The number of methoxy groups -OCH3 is 1. The van der Waals surface area contributed by atoms with Crippen LogP contribution in [-0.2, 0) is 13.0 Å². The average molecular weight is 436 g/mol. The van der Waals surface area contributed by atoms with Gasteiger partial charge in [0.25, 0.3) is 0 Å². The van der Waals surface area contributed by atoms with Crippen LogP contribution in [0, 0.1) is 0 Å². The van der Waals surface area contributed by atoms with E-state index in [4.69, 9.17) is 4.74 Å². The molecule has 0 spiro atoms. The molecule has 1 aliphatic heterocycles. The zero-order chi connectivity index (χ0) is 22.2. The van der Waals surface area contributed by atoms with Crippen LogP contribution in [0.15, 0.2) is 48.9 Å². The Morgan fingerprint density at radius 2 is 1.97 bits per heavy atom. The molecule has 164 valence electrons. The fourth-order valence-corrected chi connectivity index (χ4v) is 3.97. The van der Waals surface area contributed by atoms with Crippen LogP contribution in [0.4, 0.5) is 20.4 Å². The van der Waals surface area contributed by atoms with Gasteiger partial charge < -0.3 is 15.0 Å². The number of fused-ring (bicyclic) bond motifs is 2. The van der Waals surface area contributed by atoms with Crippen molar-refractivity contribution in [2.75, 3.05) is 26.0 Å². The molecule has 0 aliphatic carbocycles. The van der Waals surface area contributed by atoms with E-state index in [1.165, 1.54) is 23.5 Å². The van der Waals surface area contributed by atoms with E-state index in [0.717, 1.165) is 41.9 Å². The van der Waals surface area contributed by atoms with Gasteiger partial charge in [-0.05, 0) is 48.4 Å². The Morgan fingerprint density at radius 1 is 1.09 bits per heavy atom. The molecule has 0 bridgehead atoms. The van der Waals surface area contributed by atoms with Crippen LogP contribution >= 0.6 is 0 Å². The third-order valence-electron chi connectivity index (χ3n) is 5.69. The van der Waals surface area contributed by atoms with Gasteiger partial charge in [0.15, 0.2) is 0 Å². The molecule has 4 aromatic rings. The average Bonchev–Trinajstić information content (AvgIpc) is 3.29. The summed E-state index contributed by atoms with van der Waals surface area (Å²) in [5.74, 6) is 1.17. The molecule has 1 N–H and O–H groups in total. The lowest BCUT2D eigenvalue weighted by atomic mass is 9.99. The van der Waals surface area contributed by atoms with E-state index in [9.17, 15) is 8.78 Å². The summed E-state index contributed by atoms with van der Waals surface area (Å²) < 4.78 is 31.9. The number of benzene rings is 2. The Bertz CT molecular complexity index is 1290. The molecular formula is C23H22F2N6O. The van der Waals surface area contributed by atoms with Crippen LogP contribution in [0.1, 0.15) is 17.7 Å². The lowest BCUT2D eigenvalue weighted by Crippen LogP contribution is -2.26. The summed E-state index contributed by atoms with van der Waals surface area (Å²) in [6, 6.07) is 9.71. The van der Waals surface area contributed by atoms with Crippen molar-refractivity contribution >= 4 is 22.5 Å². The highest BCUT2D eigenvalue weighted by atomic mass is 19.3. The number of aromatic nitrogens is 4. The van der Waals surface area contributed by atoms with Gasteiger partial charge in [-0.25, -0.2) is 14.6 Å². The Kier molecular flexibility index (Phi) is 5.18. The number of ether oxygens (including phenoxy) is 1. The number of rotatable bonds is 5. The normalized spacial score (nSPS) is 14.0. The maximum absolute atomic E-state index is 12.9. The first-order chi connectivity index (χ1) is 15.5. The summed E-state index contributed by atoms with van der Waals surface area (Å²) in [5.41, 5.74) is 5.39. The number of hydrogen-bond acceptors (Lipinski definition) is 6. The highest BCUT2D eigenvalue weighted by Gasteiger charge is 2.17. The summed E-state index contributed by atoms with van der Waals surface area (Å²) in [6.07, 6.45) is 5.46. The van der Waals surface area contributed by atoms with Gasteiger partial charge in [0, 0.05) is 36.4 Å². The molecule has 7 nitrogen and oxygen atoms in total. The molecule has 0 fully saturated rings. The number of nitrogens with zero attached hydrogens (tertiary/aromatic N) is 5. The predicted molar refractivity (Wildman–Crippen MR) is 118 cm³/mol. The zero-order valence-electron chi connectivity index (χ0n) is 17.7. The molecule has 5 rings (SSSR count). The molecular weight excluding hydrogens is 414 g/mol. The SMILES string of the molecule is COc1cc2c(cc1Nc1ncc3ccc(-c4cnn(C(F)F)c4)cc3n1)CN(C)CC2. The van der Waals surface area contributed by atoms with Gasteiger partial charge in [-0.3, -0.25) is 0 Å². The number of anilines is 2. The Balaban J connectivity index is 1.47. The maximum Gasteiger partial charge on any atom is 0.333 e. The fourth-order valence-electron chi connectivity index (χ4n) is 3.97. The molecule has 2 aromatic carbocycles. The molecule has 2 aromatic heterocycles. The molecule has 1 aliphatic rings. The van der Waals surface area contributed by atoms with Crippen molar-refractivity contribution in [2.24, 2.45) is 0 Å². The number of nitrogens with one attached hydrogen (secondary N) is 1. The van der Waals surface area contributed by atoms with Crippen molar-refractivity contribution in [2.45, 2.75) is 19.5 Å². The molecule has 0 amide bonds. The van der Waals surface area contributed by atoms with Crippen LogP contribution in [0.5, 0.6) is 5.75 Å². The summed E-state index contributed by atoms with van der Waals surface area (Å²) in [6.45, 7) is -0.772. The van der Waals surface area contributed by atoms with Gasteiger partial charge in [0.1, 0.15) is 5.75 Å². The summed E-state index contributed by atoms with van der Waals surface area (Å²) in [4.78, 5) is 11.3. The van der Waals surface area contributed by atoms with Gasteiger partial charge in [-0.15, -0.1) is 0 Å². The monoisotopic (exact) mass is 436 g/mol.